The Kier molecular flexibility index (Phi) is 9.05. The van der Waals surface area contributed by atoms with E-state index in [2.05, 4.69) is 18.7 Å². The van der Waals surface area contributed by atoms with E-state index in [0.29, 0.717) is 19.6 Å². The van der Waals surface area contributed by atoms with Crippen LogP contribution in [0.15, 0.2) is 30.3 Å². The van der Waals surface area contributed by atoms with Gasteiger partial charge in [0.05, 0.1) is 13.1 Å². The van der Waals surface area contributed by atoms with Gasteiger partial charge in [-0.15, -0.1) is 0 Å². The van der Waals surface area contributed by atoms with Crippen LogP contribution in [0, 0.1) is 5.41 Å². The van der Waals surface area contributed by atoms with Gasteiger partial charge in [0.2, 0.25) is 5.91 Å². The van der Waals surface area contributed by atoms with Crippen LogP contribution in [0.1, 0.15) is 71.8 Å². The van der Waals surface area contributed by atoms with Gasteiger partial charge in [0.25, 0.3) is 0 Å². The molecule has 0 radical (unpaired) electrons. The van der Waals surface area contributed by atoms with Crippen molar-refractivity contribution in [1.29, 1.82) is 0 Å². The zero-order valence-electron chi connectivity index (χ0n) is 19.5. The first-order chi connectivity index (χ1) is 14.2. The van der Waals surface area contributed by atoms with Gasteiger partial charge in [-0.1, -0.05) is 57.0 Å². The highest BCUT2D eigenvalue weighted by atomic mass is 16.2. The summed E-state index contributed by atoms with van der Waals surface area (Å²) < 4.78 is 0. The van der Waals surface area contributed by atoms with Crippen LogP contribution in [0.3, 0.4) is 0 Å². The second-order valence-corrected chi connectivity index (χ2v) is 9.98. The Labute approximate surface area is 183 Å². The smallest absolute Gasteiger partial charge is 0.237 e. The van der Waals surface area contributed by atoms with E-state index >= 15 is 0 Å². The summed E-state index contributed by atoms with van der Waals surface area (Å²) in [6, 6.07) is 9.95. The second-order valence-electron chi connectivity index (χ2n) is 9.98. The third-order valence-corrected chi connectivity index (χ3v) is 6.56. The van der Waals surface area contributed by atoms with Crippen molar-refractivity contribution in [2.24, 2.45) is 11.1 Å². The Balaban J connectivity index is 2.28. The van der Waals surface area contributed by atoms with Crippen LogP contribution in [0.2, 0.25) is 0 Å². The van der Waals surface area contributed by atoms with Gasteiger partial charge in [0, 0.05) is 17.5 Å². The van der Waals surface area contributed by atoms with Crippen molar-refractivity contribution in [2.45, 2.75) is 78.3 Å². The van der Waals surface area contributed by atoms with Crippen LogP contribution in [0.4, 0.5) is 0 Å². The summed E-state index contributed by atoms with van der Waals surface area (Å²) in [5, 5.41) is 0. The first-order valence-electron chi connectivity index (χ1n) is 11.5. The Morgan fingerprint density at radius 3 is 2.27 bits per heavy atom. The summed E-state index contributed by atoms with van der Waals surface area (Å²) in [6.07, 6.45) is 5.93. The average Bonchev–Trinajstić information content (AvgIpc) is 2.70. The Morgan fingerprint density at radius 2 is 1.60 bits per heavy atom. The zero-order chi connectivity index (χ0) is 22.2. The first kappa shape index (κ1) is 24.5. The summed E-state index contributed by atoms with van der Waals surface area (Å²) in [4.78, 5) is 30.6. The molecule has 2 rings (SSSR count). The molecule has 0 bridgehead atoms. The summed E-state index contributed by atoms with van der Waals surface area (Å²) in [5.41, 5.74) is 6.29. The lowest BCUT2D eigenvalue weighted by atomic mass is 9.81. The largest absolute Gasteiger partial charge is 0.330 e. The molecular weight excluding hydrogens is 374 g/mol. The van der Waals surface area contributed by atoms with Crippen LogP contribution < -0.4 is 5.73 Å². The molecule has 0 unspecified atom stereocenters. The molecule has 1 aliphatic heterocycles. The third-order valence-electron chi connectivity index (χ3n) is 6.56. The third kappa shape index (κ3) is 7.21. The molecule has 5 heteroatoms. The summed E-state index contributed by atoms with van der Waals surface area (Å²) in [6.45, 7) is 11.1. The van der Waals surface area contributed by atoms with Crippen molar-refractivity contribution in [3.05, 3.63) is 35.9 Å². The highest BCUT2D eigenvalue weighted by Crippen LogP contribution is 2.29. The number of unbranched alkanes of at least 4 members (excludes halogenated alkanes) is 1. The summed E-state index contributed by atoms with van der Waals surface area (Å²) >= 11 is 0. The molecule has 1 amide bonds. The molecule has 1 heterocycles. The Bertz CT molecular complexity index is 685. The maximum atomic E-state index is 13.4. The van der Waals surface area contributed by atoms with Gasteiger partial charge in [0.15, 0.2) is 5.78 Å². The van der Waals surface area contributed by atoms with E-state index in [1.54, 1.807) is 4.90 Å². The van der Waals surface area contributed by atoms with Crippen molar-refractivity contribution in [2.75, 3.05) is 26.2 Å². The van der Waals surface area contributed by atoms with Crippen molar-refractivity contribution < 1.29 is 9.59 Å². The predicted molar refractivity (Wildman–Crippen MR) is 123 cm³/mol. The van der Waals surface area contributed by atoms with Crippen LogP contribution in [0.25, 0.3) is 0 Å². The van der Waals surface area contributed by atoms with E-state index in [-0.39, 0.29) is 23.8 Å². The van der Waals surface area contributed by atoms with E-state index in [1.807, 2.05) is 44.2 Å². The number of carbonyl (C=O) groups is 2. The topological polar surface area (TPSA) is 66.6 Å². The Morgan fingerprint density at radius 1 is 0.933 bits per heavy atom. The second kappa shape index (κ2) is 11.1. The summed E-state index contributed by atoms with van der Waals surface area (Å²) in [7, 11) is 0. The standard InChI is InChI=1S/C25H41N3O2/c1-24(2)14-8-9-15-25(3,4)28(17-11-10-16-26)20-23(30)27(19-22(24)29)18-21-12-6-5-7-13-21/h5-7,12-13H,8-11,14-20,26H2,1-4H3. The molecule has 1 aromatic carbocycles. The van der Waals surface area contributed by atoms with E-state index in [0.717, 1.165) is 50.6 Å². The fraction of sp³-hybridized carbons (Fsp3) is 0.680. The van der Waals surface area contributed by atoms with Gasteiger partial charge in [-0.05, 0) is 58.2 Å². The van der Waals surface area contributed by atoms with Gasteiger partial charge in [-0.3, -0.25) is 14.5 Å². The lowest BCUT2D eigenvalue weighted by molar-refractivity contribution is -0.141. The molecule has 2 N–H and O–H groups in total. The lowest BCUT2D eigenvalue weighted by Gasteiger charge is -2.40. The number of benzene rings is 1. The highest BCUT2D eigenvalue weighted by Gasteiger charge is 2.34. The molecule has 1 aliphatic rings. The van der Waals surface area contributed by atoms with Gasteiger partial charge in [-0.2, -0.15) is 0 Å². The van der Waals surface area contributed by atoms with Crippen molar-refractivity contribution in [1.82, 2.24) is 9.80 Å². The van der Waals surface area contributed by atoms with E-state index in [9.17, 15) is 9.59 Å². The Hall–Kier alpha value is -1.72. The van der Waals surface area contributed by atoms with Crippen molar-refractivity contribution in [3.8, 4) is 0 Å². The van der Waals surface area contributed by atoms with Crippen molar-refractivity contribution >= 4 is 11.7 Å². The number of hydrogen-bond donors (Lipinski definition) is 1. The molecular formula is C25H41N3O2. The average molecular weight is 416 g/mol. The molecule has 1 saturated heterocycles. The van der Waals surface area contributed by atoms with Gasteiger partial charge in [-0.25, -0.2) is 0 Å². The maximum Gasteiger partial charge on any atom is 0.237 e. The van der Waals surface area contributed by atoms with E-state index in [4.69, 9.17) is 5.73 Å². The normalized spacial score (nSPS) is 21.2. The van der Waals surface area contributed by atoms with Gasteiger partial charge < -0.3 is 10.6 Å². The monoisotopic (exact) mass is 415 g/mol. The molecule has 0 spiro atoms. The molecule has 30 heavy (non-hydrogen) atoms. The number of ketones is 1. The first-order valence-corrected chi connectivity index (χ1v) is 11.5. The minimum atomic E-state index is -0.403. The fourth-order valence-electron chi connectivity index (χ4n) is 4.15. The number of hydrogen-bond acceptors (Lipinski definition) is 4. The van der Waals surface area contributed by atoms with Crippen LogP contribution in [-0.2, 0) is 16.1 Å². The molecule has 5 nitrogen and oxygen atoms in total. The van der Waals surface area contributed by atoms with Crippen LogP contribution in [0.5, 0.6) is 0 Å². The minimum Gasteiger partial charge on any atom is -0.330 e. The number of rotatable bonds is 6. The summed E-state index contributed by atoms with van der Waals surface area (Å²) in [5.74, 6) is 0.186. The van der Waals surface area contributed by atoms with Crippen molar-refractivity contribution in [3.63, 3.8) is 0 Å². The quantitative estimate of drug-likeness (QED) is 0.713. The van der Waals surface area contributed by atoms with Gasteiger partial charge in [0.1, 0.15) is 0 Å². The van der Waals surface area contributed by atoms with Gasteiger partial charge >= 0.3 is 0 Å². The van der Waals surface area contributed by atoms with E-state index in [1.165, 1.54) is 0 Å². The fourth-order valence-corrected chi connectivity index (χ4v) is 4.15. The molecule has 0 saturated carbocycles. The molecule has 168 valence electrons. The molecule has 0 aliphatic carbocycles. The highest BCUT2D eigenvalue weighted by molar-refractivity contribution is 5.90. The number of carbonyl (C=O) groups excluding carboxylic acids is 2. The number of nitrogens with two attached hydrogens (primary N) is 1. The van der Waals surface area contributed by atoms with Crippen LogP contribution in [-0.4, -0.2) is 53.2 Å². The molecule has 1 fully saturated rings. The molecule has 0 atom stereocenters. The SMILES string of the molecule is CC1(C)CCCCC(C)(C)N(CCCCN)CC(=O)N(Cc2ccccc2)CC1=O. The van der Waals surface area contributed by atoms with E-state index < -0.39 is 5.41 Å². The number of Topliss-reactive ketones (excluding diaryl/α,β-unsaturated/α-hetero) is 1. The zero-order valence-corrected chi connectivity index (χ0v) is 19.5. The van der Waals surface area contributed by atoms with Crippen LogP contribution >= 0.6 is 0 Å². The number of amides is 1. The lowest BCUT2D eigenvalue weighted by Crippen LogP contribution is -2.51. The predicted octanol–water partition coefficient (Wildman–Crippen LogP) is 4.00. The minimum absolute atomic E-state index is 0.0319. The maximum absolute atomic E-state index is 13.4. The molecule has 0 aromatic heterocycles. The molecule has 1 aromatic rings. The number of nitrogens with zero attached hydrogens (tertiary/aromatic N) is 2.